The highest BCUT2D eigenvalue weighted by molar-refractivity contribution is 5.99. The summed E-state index contributed by atoms with van der Waals surface area (Å²) in [5, 5.41) is 13.9. The molecule has 1 saturated carbocycles. The summed E-state index contributed by atoms with van der Waals surface area (Å²) in [5.74, 6) is -0.269. The van der Waals surface area contributed by atoms with E-state index in [2.05, 4.69) is 15.2 Å². The van der Waals surface area contributed by atoms with E-state index in [1.165, 1.54) is 37.1 Å². The number of carbonyl (C=O) groups excluding carboxylic acids is 1. The molecule has 1 fully saturated rings. The number of pyridine rings is 1. The molecule has 8 heteroatoms. The molecule has 0 saturated heterocycles. The second-order valence-corrected chi connectivity index (χ2v) is 5.50. The molecule has 0 aliphatic heterocycles. The Morgan fingerprint density at radius 2 is 2.14 bits per heavy atom. The molecule has 0 atom stereocenters. The molecule has 1 aromatic heterocycles. The van der Waals surface area contributed by atoms with Gasteiger partial charge in [0.2, 0.25) is 5.82 Å². The molecule has 2 rings (SSSR count). The lowest BCUT2D eigenvalue weighted by atomic mass is 10.2. The maximum Gasteiger partial charge on any atom is 0.324 e. The third kappa shape index (κ3) is 3.51. The predicted molar refractivity (Wildman–Crippen MR) is 83.1 cm³/mol. The molecular weight excluding hydrogens is 286 g/mol. The standard InChI is InChI=1S/C14H21N5O3/c1-15-13-12(19(21)22)11(6-7-16-13)14(20)18(3)9-8-17(2)10-4-5-10/h6-7,10H,4-5,8-9H2,1-3H3,(H,15,16). The van der Waals surface area contributed by atoms with Gasteiger partial charge in [-0.2, -0.15) is 0 Å². The molecule has 1 aliphatic rings. The predicted octanol–water partition coefficient (Wildman–Crippen LogP) is 1.20. The average molecular weight is 307 g/mol. The van der Waals surface area contributed by atoms with Crippen LogP contribution in [0.15, 0.2) is 12.3 Å². The average Bonchev–Trinajstić information content (AvgIpc) is 3.35. The van der Waals surface area contributed by atoms with Gasteiger partial charge in [-0.1, -0.05) is 0 Å². The van der Waals surface area contributed by atoms with E-state index in [0.29, 0.717) is 12.6 Å². The van der Waals surface area contributed by atoms with Gasteiger partial charge in [-0.05, 0) is 26.0 Å². The molecule has 0 radical (unpaired) electrons. The third-order valence-electron chi connectivity index (χ3n) is 3.88. The van der Waals surface area contributed by atoms with E-state index >= 15 is 0 Å². The van der Waals surface area contributed by atoms with Crippen LogP contribution >= 0.6 is 0 Å². The Bertz CT molecular complexity index is 574. The Morgan fingerprint density at radius 1 is 1.45 bits per heavy atom. The lowest BCUT2D eigenvalue weighted by Gasteiger charge is -2.22. The number of likely N-dealkylation sites (N-methyl/N-ethyl adjacent to an activating group) is 2. The zero-order valence-corrected chi connectivity index (χ0v) is 13.1. The molecule has 0 unspecified atom stereocenters. The highest BCUT2D eigenvalue weighted by Gasteiger charge is 2.29. The lowest BCUT2D eigenvalue weighted by molar-refractivity contribution is -0.384. The van der Waals surface area contributed by atoms with Crippen LogP contribution in [0.25, 0.3) is 0 Å². The van der Waals surface area contributed by atoms with Gasteiger partial charge in [0, 0.05) is 39.4 Å². The molecule has 22 heavy (non-hydrogen) atoms. The van der Waals surface area contributed by atoms with Crippen LogP contribution in [-0.4, -0.2) is 65.9 Å². The van der Waals surface area contributed by atoms with Gasteiger partial charge in [-0.3, -0.25) is 14.9 Å². The fraction of sp³-hybridized carbons (Fsp3) is 0.571. The van der Waals surface area contributed by atoms with E-state index in [1.54, 1.807) is 7.05 Å². The molecular formula is C14H21N5O3. The Hall–Kier alpha value is -2.22. The summed E-state index contributed by atoms with van der Waals surface area (Å²) in [7, 11) is 5.23. The van der Waals surface area contributed by atoms with Crippen molar-refractivity contribution < 1.29 is 9.72 Å². The molecule has 0 aromatic carbocycles. The number of rotatable bonds is 7. The summed E-state index contributed by atoms with van der Waals surface area (Å²) in [5.41, 5.74) is -0.224. The van der Waals surface area contributed by atoms with Crippen LogP contribution in [-0.2, 0) is 0 Å². The molecule has 8 nitrogen and oxygen atoms in total. The highest BCUT2D eigenvalue weighted by Crippen LogP contribution is 2.27. The van der Waals surface area contributed by atoms with Crippen LogP contribution in [0.3, 0.4) is 0 Å². The Balaban J connectivity index is 2.12. The van der Waals surface area contributed by atoms with Crippen LogP contribution in [0.1, 0.15) is 23.2 Å². The van der Waals surface area contributed by atoms with Crippen LogP contribution in [0.4, 0.5) is 11.5 Å². The number of anilines is 1. The van der Waals surface area contributed by atoms with Gasteiger partial charge in [-0.15, -0.1) is 0 Å². The molecule has 1 heterocycles. The molecule has 1 aromatic rings. The minimum atomic E-state index is -0.573. The zero-order valence-electron chi connectivity index (χ0n) is 13.1. The third-order valence-corrected chi connectivity index (χ3v) is 3.88. The van der Waals surface area contributed by atoms with Crippen LogP contribution < -0.4 is 5.32 Å². The van der Waals surface area contributed by atoms with E-state index in [9.17, 15) is 14.9 Å². The van der Waals surface area contributed by atoms with E-state index in [1.807, 2.05) is 7.05 Å². The Kier molecular flexibility index (Phi) is 4.92. The molecule has 0 bridgehead atoms. The molecule has 120 valence electrons. The highest BCUT2D eigenvalue weighted by atomic mass is 16.6. The number of aromatic nitrogens is 1. The Labute approximate surface area is 129 Å². The molecule has 1 aliphatic carbocycles. The van der Waals surface area contributed by atoms with Gasteiger partial charge in [0.05, 0.1) is 4.92 Å². The maximum absolute atomic E-state index is 12.5. The summed E-state index contributed by atoms with van der Waals surface area (Å²) < 4.78 is 0. The normalized spacial score (nSPS) is 14.0. The van der Waals surface area contributed by atoms with E-state index in [4.69, 9.17) is 0 Å². The monoisotopic (exact) mass is 307 g/mol. The SMILES string of the molecule is CNc1nccc(C(=O)N(C)CCN(C)C2CC2)c1[N+](=O)[O-]. The Morgan fingerprint density at radius 3 is 2.68 bits per heavy atom. The number of hydrogen-bond acceptors (Lipinski definition) is 6. The largest absolute Gasteiger partial charge is 0.367 e. The number of amides is 1. The first-order valence-corrected chi connectivity index (χ1v) is 7.22. The summed E-state index contributed by atoms with van der Waals surface area (Å²) in [6, 6.07) is 2.01. The van der Waals surface area contributed by atoms with Crippen molar-refractivity contribution in [3.05, 3.63) is 27.9 Å². The number of nitro groups is 1. The van der Waals surface area contributed by atoms with Crippen molar-refractivity contribution in [2.45, 2.75) is 18.9 Å². The van der Waals surface area contributed by atoms with Crippen LogP contribution in [0, 0.1) is 10.1 Å². The van der Waals surface area contributed by atoms with Gasteiger partial charge in [0.25, 0.3) is 5.91 Å². The molecule has 1 amide bonds. The minimum Gasteiger partial charge on any atom is -0.367 e. The first-order chi connectivity index (χ1) is 10.5. The van der Waals surface area contributed by atoms with Gasteiger partial charge in [0.15, 0.2) is 0 Å². The first kappa shape index (κ1) is 16.2. The second-order valence-electron chi connectivity index (χ2n) is 5.50. The summed E-state index contributed by atoms with van der Waals surface area (Å²) >= 11 is 0. The van der Waals surface area contributed by atoms with Crippen molar-refractivity contribution in [3.8, 4) is 0 Å². The number of nitrogens with one attached hydrogen (secondary N) is 1. The second kappa shape index (κ2) is 6.69. The van der Waals surface area contributed by atoms with E-state index in [0.717, 1.165) is 6.54 Å². The van der Waals surface area contributed by atoms with Crippen LogP contribution in [0.2, 0.25) is 0 Å². The van der Waals surface area contributed by atoms with Gasteiger partial charge in [-0.25, -0.2) is 4.98 Å². The van der Waals surface area contributed by atoms with E-state index in [-0.39, 0.29) is 23.0 Å². The minimum absolute atomic E-state index is 0.0564. The van der Waals surface area contributed by atoms with Crippen molar-refractivity contribution in [2.24, 2.45) is 0 Å². The summed E-state index contributed by atoms with van der Waals surface area (Å²) in [4.78, 5) is 30.8. The first-order valence-electron chi connectivity index (χ1n) is 7.22. The van der Waals surface area contributed by atoms with Gasteiger partial charge in [0.1, 0.15) is 5.56 Å². The number of nitrogens with zero attached hydrogens (tertiary/aromatic N) is 4. The van der Waals surface area contributed by atoms with Crippen LogP contribution in [0.5, 0.6) is 0 Å². The molecule has 0 spiro atoms. The van der Waals surface area contributed by atoms with Crippen molar-refractivity contribution >= 4 is 17.4 Å². The van der Waals surface area contributed by atoms with E-state index < -0.39 is 4.92 Å². The van der Waals surface area contributed by atoms with Gasteiger partial charge >= 0.3 is 5.69 Å². The fourth-order valence-electron chi connectivity index (χ4n) is 2.31. The quantitative estimate of drug-likeness (QED) is 0.601. The van der Waals surface area contributed by atoms with Crippen molar-refractivity contribution in [1.82, 2.24) is 14.8 Å². The maximum atomic E-state index is 12.5. The number of carbonyl (C=O) groups is 1. The topological polar surface area (TPSA) is 91.6 Å². The smallest absolute Gasteiger partial charge is 0.324 e. The fourth-order valence-corrected chi connectivity index (χ4v) is 2.31. The summed E-state index contributed by atoms with van der Waals surface area (Å²) in [6.45, 7) is 1.28. The lowest BCUT2D eigenvalue weighted by Crippen LogP contribution is -2.35. The van der Waals surface area contributed by atoms with Crippen molar-refractivity contribution in [1.29, 1.82) is 0 Å². The molecule has 1 N–H and O–H groups in total. The zero-order chi connectivity index (χ0) is 16.3. The van der Waals surface area contributed by atoms with Crippen molar-refractivity contribution in [2.75, 3.05) is 39.5 Å². The number of hydrogen-bond donors (Lipinski definition) is 1. The van der Waals surface area contributed by atoms with Gasteiger partial charge < -0.3 is 15.1 Å². The summed E-state index contributed by atoms with van der Waals surface area (Å²) in [6.07, 6.45) is 3.81. The van der Waals surface area contributed by atoms with Crippen molar-refractivity contribution in [3.63, 3.8) is 0 Å².